The summed E-state index contributed by atoms with van der Waals surface area (Å²) >= 11 is 0. The van der Waals surface area contributed by atoms with Crippen molar-refractivity contribution in [1.29, 1.82) is 0 Å². The Hall–Kier alpha value is -1.79. The van der Waals surface area contributed by atoms with Gasteiger partial charge in [-0.15, -0.1) is 0 Å². The highest BCUT2D eigenvalue weighted by Gasteiger charge is 2.20. The van der Waals surface area contributed by atoms with Crippen molar-refractivity contribution in [2.24, 2.45) is 5.73 Å². The molecule has 0 bridgehead atoms. The number of hydrogen-bond donors (Lipinski definition) is 3. The van der Waals surface area contributed by atoms with E-state index in [0.29, 0.717) is 30.3 Å². The normalized spacial score (nSPS) is 17.1. The third-order valence-corrected chi connectivity index (χ3v) is 3.21. The maximum Gasteiger partial charge on any atom is 0.303 e. The predicted molar refractivity (Wildman–Crippen MR) is 71.9 cm³/mol. The fraction of sp³-hybridized carbons (Fsp3) is 0.500. The molecule has 0 aliphatic carbocycles. The van der Waals surface area contributed by atoms with E-state index in [1.165, 1.54) is 0 Å². The predicted octanol–water partition coefficient (Wildman–Crippen LogP) is 1.07. The van der Waals surface area contributed by atoms with Gasteiger partial charge >= 0.3 is 5.97 Å². The number of carbonyl (C=O) groups is 1. The Bertz CT molecular complexity index is 477. The first-order chi connectivity index (χ1) is 9.58. The second kappa shape index (κ2) is 6.58. The van der Waals surface area contributed by atoms with Crippen molar-refractivity contribution in [3.05, 3.63) is 23.8 Å². The van der Waals surface area contributed by atoms with E-state index in [1.54, 1.807) is 18.2 Å². The first-order valence-corrected chi connectivity index (χ1v) is 6.63. The van der Waals surface area contributed by atoms with E-state index in [1.807, 2.05) is 0 Å². The molecule has 1 aromatic carbocycles. The van der Waals surface area contributed by atoms with Gasteiger partial charge in [0.25, 0.3) is 0 Å². The van der Waals surface area contributed by atoms with Crippen LogP contribution in [0.4, 0.5) is 0 Å². The molecule has 0 saturated carbocycles. The summed E-state index contributed by atoms with van der Waals surface area (Å²) < 4.78 is 11.1. The van der Waals surface area contributed by atoms with Crippen LogP contribution in [0.25, 0.3) is 0 Å². The number of benzene rings is 1. The van der Waals surface area contributed by atoms with Crippen molar-refractivity contribution in [3.63, 3.8) is 0 Å². The fourth-order valence-corrected chi connectivity index (χ4v) is 2.06. The number of aliphatic carboxylic acids is 1. The quantitative estimate of drug-likeness (QED) is 0.746. The summed E-state index contributed by atoms with van der Waals surface area (Å²) in [6, 6.07) is 4.53. The van der Waals surface area contributed by atoms with Crippen LogP contribution in [0.15, 0.2) is 18.2 Å². The van der Waals surface area contributed by atoms with Crippen LogP contribution in [0.1, 0.15) is 30.9 Å². The van der Waals surface area contributed by atoms with Crippen LogP contribution >= 0.6 is 0 Å². The van der Waals surface area contributed by atoms with Gasteiger partial charge in [-0.2, -0.15) is 0 Å². The maximum absolute atomic E-state index is 10.5. The molecule has 0 saturated heterocycles. The molecule has 110 valence electrons. The monoisotopic (exact) mass is 281 g/mol. The van der Waals surface area contributed by atoms with Gasteiger partial charge in [0, 0.05) is 18.9 Å². The van der Waals surface area contributed by atoms with Crippen molar-refractivity contribution < 1.29 is 24.5 Å². The average molecular weight is 281 g/mol. The Morgan fingerprint density at radius 2 is 2.00 bits per heavy atom. The maximum atomic E-state index is 10.5. The zero-order valence-corrected chi connectivity index (χ0v) is 11.1. The smallest absolute Gasteiger partial charge is 0.303 e. The molecule has 1 aliphatic rings. The Morgan fingerprint density at radius 3 is 2.70 bits per heavy atom. The lowest BCUT2D eigenvalue weighted by Crippen LogP contribution is -2.29. The lowest BCUT2D eigenvalue weighted by atomic mass is 9.99. The lowest BCUT2D eigenvalue weighted by molar-refractivity contribution is -0.137. The minimum Gasteiger partial charge on any atom is -0.490 e. The minimum absolute atomic E-state index is 0.0667. The van der Waals surface area contributed by atoms with Gasteiger partial charge in [-0.25, -0.2) is 0 Å². The summed E-state index contributed by atoms with van der Waals surface area (Å²) in [5.74, 6) is 0.313. The van der Waals surface area contributed by atoms with E-state index in [-0.39, 0.29) is 12.8 Å². The largest absolute Gasteiger partial charge is 0.490 e. The Kier molecular flexibility index (Phi) is 4.81. The molecular formula is C14H19NO5. The van der Waals surface area contributed by atoms with Gasteiger partial charge in [0.05, 0.1) is 19.3 Å². The van der Waals surface area contributed by atoms with Gasteiger partial charge in [0.15, 0.2) is 11.5 Å². The molecule has 2 unspecified atom stereocenters. The van der Waals surface area contributed by atoms with E-state index in [0.717, 1.165) is 6.42 Å². The van der Waals surface area contributed by atoms with Crippen LogP contribution < -0.4 is 15.2 Å². The molecule has 1 aromatic rings. The average Bonchev–Trinajstić information content (AvgIpc) is 2.68. The Labute approximate surface area is 117 Å². The van der Waals surface area contributed by atoms with E-state index >= 15 is 0 Å². The van der Waals surface area contributed by atoms with Gasteiger partial charge in [-0.1, -0.05) is 6.07 Å². The van der Waals surface area contributed by atoms with Crippen LogP contribution in [-0.2, 0) is 4.79 Å². The molecule has 4 N–H and O–H groups in total. The SMILES string of the molecule is NC(CCC(=O)O)C(O)c1ccc2c(c1)OCCCO2. The highest BCUT2D eigenvalue weighted by Crippen LogP contribution is 2.33. The van der Waals surface area contributed by atoms with Gasteiger partial charge in [0.1, 0.15) is 0 Å². The van der Waals surface area contributed by atoms with E-state index < -0.39 is 18.1 Å². The molecule has 1 aliphatic heterocycles. The molecule has 0 radical (unpaired) electrons. The highest BCUT2D eigenvalue weighted by molar-refractivity contribution is 5.66. The van der Waals surface area contributed by atoms with Gasteiger partial charge in [-0.05, 0) is 24.1 Å². The number of hydrogen-bond acceptors (Lipinski definition) is 5. The lowest BCUT2D eigenvalue weighted by Gasteiger charge is -2.19. The molecule has 2 rings (SSSR count). The topological polar surface area (TPSA) is 102 Å². The van der Waals surface area contributed by atoms with Crippen molar-refractivity contribution in [3.8, 4) is 11.5 Å². The molecular weight excluding hydrogens is 262 g/mol. The van der Waals surface area contributed by atoms with Gasteiger partial charge < -0.3 is 25.4 Å². The summed E-state index contributed by atoms with van der Waals surface area (Å²) in [5, 5.41) is 18.8. The van der Waals surface area contributed by atoms with Crippen LogP contribution in [0.3, 0.4) is 0 Å². The molecule has 0 spiro atoms. The number of nitrogens with two attached hydrogens (primary N) is 1. The highest BCUT2D eigenvalue weighted by atomic mass is 16.5. The molecule has 2 atom stereocenters. The molecule has 20 heavy (non-hydrogen) atoms. The zero-order valence-electron chi connectivity index (χ0n) is 11.1. The van der Waals surface area contributed by atoms with Crippen molar-refractivity contribution >= 4 is 5.97 Å². The number of ether oxygens (including phenoxy) is 2. The summed E-state index contributed by atoms with van der Waals surface area (Å²) in [6.45, 7) is 1.17. The molecule has 0 fully saturated rings. The minimum atomic E-state index is -0.925. The van der Waals surface area contributed by atoms with Crippen LogP contribution in [-0.4, -0.2) is 35.4 Å². The van der Waals surface area contributed by atoms with E-state index in [9.17, 15) is 9.90 Å². The third kappa shape index (κ3) is 3.61. The third-order valence-electron chi connectivity index (χ3n) is 3.21. The second-order valence-corrected chi connectivity index (χ2v) is 4.80. The van der Waals surface area contributed by atoms with E-state index in [2.05, 4.69) is 0 Å². The second-order valence-electron chi connectivity index (χ2n) is 4.80. The zero-order chi connectivity index (χ0) is 14.5. The van der Waals surface area contributed by atoms with Crippen molar-refractivity contribution in [1.82, 2.24) is 0 Å². The summed E-state index contributed by atoms with van der Waals surface area (Å²) in [4.78, 5) is 10.5. The summed E-state index contributed by atoms with van der Waals surface area (Å²) in [7, 11) is 0. The number of carboxylic acid groups (broad SMARTS) is 1. The number of aliphatic hydroxyl groups excluding tert-OH is 1. The Balaban J connectivity index is 2.08. The van der Waals surface area contributed by atoms with Gasteiger partial charge in [-0.3, -0.25) is 4.79 Å². The number of fused-ring (bicyclic) bond motifs is 1. The fourth-order valence-electron chi connectivity index (χ4n) is 2.06. The van der Waals surface area contributed by atoms with Crippen LogP contribution in [0, 0.1) is 0 Å². The Morgan fingerprint density at radius 1 is 1.30 bits per heavy atom. The van der Waals surface area contributed by atoms with Gasteiger partial charge in [0.2, 0.25) is 0 Å². The molecule has 6 nitrogen and oxygen atoms in total. The summed E-state index contributed by atoms with van der Waals surface area (Å²) in [5.41, 5.74) is 6.42. The summed E-state index contributed by atoms with van der Waals surface area (Å²) in [6.07, 6.45) is 0.0322. The first-order valence-electron chi connectivity index (χ1n) is 6.63. The standard InChI is InChI=1S/C14H19NO5/c15-10(3-5-13(16)17)14(18)9-2-4-11-12(8-9)20-7-1-6-19-11/h2,4,8,10,14,18H,1,3,5-7,15H2,(H,16,17). The number of rotatable bonds is 5. The molecule has 6 heteroatoms. The van der Waals surface area contributed by atoms with Crippen LogP contribution in [0.2, 0.25) is 0 Å². The molecule has 0 amide bonds. The van der Waals surface area contributed by atoms with Crippen molar-refractivity contribution in [2.75, 3.05) is 13.2 Å². The number of aliphatic hydroxyl groups is 1. The van der Waals surface area contributed by atoms with Crippen molar-refractivity contribution in [2.45, 2.75) is 31.4 Å². The molecule has 0 aromatic heterocycles. The number of carboxylic acids is 1. The van der Waals surface area contributed by atoms with E-state index in [4.69, 9.17) is 20.3 Å². The molecule has 1 heterocycles. The first kappa shape index (κ1) is 14.6. The van der Waals surface area contributed by atoms with Crippen LogP contribution in [0.5, 0.6) is 11.5 Å².